The van der Waals surface area contributed by atoms with Gasteiger partial charge in [0.1, 0.15) is 11.8 Å². The van der Waals surface area contributed by atoms with E-state index < -0.39 is 34.7 Å². The molecule has 1 amide bonds. The van der Waals surface area contributed by atoms with Crippen molar-refractivity contribution in [1.82, 2.24) is 5.32 Å². The lowest BCUT2D eigenvalue weighted by atomic mass is 10.1. The standard InChI is InChI=1S/C19H19NO6S/c1-13(21)26-15-7-5-6-14(12-15)18(22)20-17(19(23)24)10-11-27(25)16-8-3-2-4-9-16/h2-9,12,17H,10-11H2,1H3,(H,20,22)(H,23,24)/t17-,27+/m0/s1. The lowest BCUT2D eigenvalue weighted by molar-refractivity contribution is -0.139. The highest BCUT2D eigenvalue weighted by Crippen LogP contribution is 2.14. The van der Waals surface area contributed by atoms with Crippen molar-refractivity contribution in [3.05, 3.63) is 60.2 Å². The summed E-state index contributed by atoms with van der Waals surface area (Å²) >= 11 is 0. The van der Waals surface area contributed by atoms with Crippen LogP contribution in [0, 0.1) is 0 Å². The number of benzene rings is 2. The van der Waals surface area contributed by atoms with Gasteiger partial charge in [0.05, 0.1) is 10.8 Å². The van der Waals surface area contributed by atoms with Crippen LogP contribution in [0.1, 0.15) is 23.7 Å². The van der Waals surface area contributed by atoms with E-state index in [1.165, 1.54) is 31.2 Å². The topological polar surface area (TPSA) is 110 Å². The van der Waals surface area contributed by atoms with Crippen molar-refractivity contribution in [3.8, 4) is 5.75 Å². The van der Waals surface area contributed by atoms with Gasteiger partial charge in [0, 0.05) is 23.1 Å². The second-order valence-electron chi connectivity index (χ2n) is 5.64. The predicted molar refractivity (Wildman–Crippen MR) is 99.0 cm³/mol. The average Bonchev–Trinajstić information content (AvgIpc) is 2.64. The number of nitrogens with one attached hydrogen (secondary N) is 1. The minimum absolute atomic E-state index is 0.00617. The number of carbonyl (C=O) groups excluding carboxylic acids is 2. The molecule has 142 valence electrons. The normalized spacial score (nSPS) is 12.6. The number of carboxylic acid groups (broad SMARTS) is 1. The summed E-state index contributed by atoms with van der Waals surface area (Å²) in [5, 5.41) is 11.7. The van der Waals surface area contributed by atoms with Gasteiger partial charge in [0.15, 0.2) is 0 Å². The van der Waals surface area contributed by atoms with Crippen molar-refractivity contribution in [2.45, 2.75) is 24.3 Å². The highest BCUT2D eigenvalue weighted by molar-refractivity contribution is 7.85. The van der Waals surface area contributed by atoms with Crippen LogP contribution in [0.5, 0.6) is 5.75 Å². The van der Waals surface area contributed by atoms with Crippen LogP contribution in [0.25, 0.3) is 0 Å². The maximum atomic E-state index is 12.3. The first-order valence-electron chi connectivity index (χ1n) is 8.12. The van der Waals surface area contributed by atoms with Crippen LogP contribution in [0.3, 0.4) is 0 Å². The highest BCUT2D eigenvalue weighted by atomic mass is 32.2. The Labute approximate surface area is 158 Å². The fraction of sp³-hybridized carbons (Fsp3) is 0.211. The van der Waals surface area contributed by atoms with Crippen LogP contribution in [0.15, 0.2) is 59.5 Å². The van der Waals surface area contributed by atoms with Crippen LogP contribution in [0.4, 0.5) is 0 Å². The Balaban J connectivity index is 2.01. The molecule has 0 saturated heterocycles. The summed E-state index contributed by atoms with van der Waals surface area (Å²) in [5.74, 6) is -2.09. The molecule has 2 atom stereocenters. The molecule has 0 heterocycles. The molecule has 2 N–H and O–H groups in total. The summed E-state index contributed by atoms with van der Waals surface area (Å²) in [6.45, 7) is 1.24. The highest BCUT2D eigenvalue weighted by Gasteiger charge is 2.22. The van der Waals surface area contributed by atoms with Crippen molar-refractivity contribution in [1.29, 1.82) is 0 Å². The molecule has 2 aromatic carbocycles. The monoisotopic (exact) mass is 389 g/mol. The SMILES string of the molecule is CC(=O)Oc1cccc(C(=O)N[C@@H](CC[S@@](=O)c2ccccc2)C(=O)O)c1. The molecule has 0 fully saturated rings. The van der Waals surface area contributed by atoms with E-state index in [1.54, 1.807) is 30.3 Å². The van der Waals surface area contributed by atoms with Gasteiger partial charge in [-0.1, -0.05) is 24.3 Å². The first kappa shape index (κ1) is 20.3. The summed E-state index contributed by atoms with van der Waals surface area (Å²) in [4.78, 5) is 35.4. The van der Waals surface area contributed by atoms with Crippen LogP contribution in [-0.2, 0) is 20.4 Å². The van der Waals surface area contributed by atoms with Crippen molar-refractivity contribution in [2.75, 3.05) is 5.75 Å². The number of rotatable bonds is 8. The van der Waals surface area contributed by atoms with Gasteiger partial charge in [0.2, 0.25) is 0 Å². The van der Waals surface area contributed by atoms with E-state index in [0.717, 1.165) is 0 Å². The molecule has 0 unspecified atom stereocenters. The number of ether oxygens (including phenoxy) is 1. The number of carboxylic acids is 1. The Bertz CT molecular complexity index is 852. The predicted octanol–water partition coefficient (Wildman–Crippen LogP) is 1.99. The van der Waals surface area contributed by atoms with Crippen LogP contribution >= 0.6 is 0 Å². The molecule has 2 aromatic rings. The van der Waals surface area contributed by atoms with Crippen LogP contribution in [-0.4, -0.2) is 39.0 Å². The Morgan fingerprint density at radius 3 is 2.44 bits per heavy atom. The van der Waals surface area contributed by atoms with Gasteiger partial charge in [-0.05, 0) is 36.8 Å². The molecule has 0 aliphatic carbocycles. The fourth-order valence-electron chi connectivity index (χ4n) is 2.28. The van der Waals surface area contributed by atoms with E-state index in [4.69, 9.17) is 4.74 Å². The molecular weight excluding hydrogens is 370 g/mol. The Morgan fingerprint density at radius 1 is 1.11 bits per heavy atom. The number of hydrogen-bond acceptors (Lipinski definition) is 5. The van der Waals surface area contributed by atoms with Crippen molar-refractivity contribution < 1.29 is 28.4 Å². The van der Waals surface area contributed by atoms with E-state index in [0.29, 0.717) is 4.90 Å². The molecule has 2 rings (SSSR count). The minimum atomic E-state index is -1.36. The third kappa shape index (κ3) is 6.34. The summed E-state index contributed by atoms with van der Waals surface area (Å²) in [6.07, 6.45) is 0.00617. The van der Waals surface area contributed by atoms with E-state index >= 15 is 0 Å². The van der Waals surface area contributed by atoms with Crippen molar-refractivity contribution in [3.63, 3.8) is 0 Å². The van der Waals surface area contributed by atoms with E-state index in [-0.39, 0.29) is 23.5 Å². The molecule has 27 heavy (non-hydrogen) atoms. The fourth-order valence-corrected chi connectivity index (χ4v) is 3.43. The van der Waals surface area contributed by atoms with Crippen LogP contribution in [0.2, 0.25) is 0 Å². The molecule has 7 nitrogen and oxygen atoms in total. The molecule has 8 heteroatoms. The summed E-state index contributed by atoms with van der Waals surface area (Å²) < 4.78 is 17.1. The summed E-state index contributed by atoms with van der Waals surface area (Å²) in [6, 6.07) is 13.4. The first-order chi connectivity index (χ1) is 12.9. The number of hydrogen-bond donors (Lipinski definition) is 2. The summed E-state index contributed by atoms with van der Waals surface area (Å²) in [7, 11) is -1.36. The molecule has 0 bridgehead atoms. The van der Waals surface area contributed by atoms with Gasteiger partial charge in [-0.25, -0.2) is 4.79 Å². The number of amides is 1. The Morgan fingerprint density at radius 2 is 1.81 bits per heavy atom. The second-order valence-corrected chi connectivity index (χ2v) is 7.21. The molecule has 0 aromatic heterocycles. The average molecular weight is 389 g/mol. The van der Waals surface area contributed by atoms with Gasteiger partial charge >= 0.3 is 11.9 Å². The zero-order valence-corrected chi connectivity index (χ0v) is 15.4. The summed E-state index contributed by atoms with van der Waals surface area (Å²) in [5.41, 5.74) is 0.157. The lowest BCUT2D eigenvalue weighted by Gasteiger charge is -2.15. The number of carbonyl (C=O) groups is 3. The molecule has 0 aliphatic heterocycles. The quantitative estimate of drug-likeness (QED) is 0.528. The third-order valence-corrected chi connectivity index (χ3v) is 4.96. The van der Waals surface area contributed by atoms with Crippen molar-refractivity contribution >= 4 is 28.6 Å². The third-order valence-electron chi connectivity index (χ3n) is 3.56. The van der Waals surface area contributed by atoms with Gasteiger partial charge in [-0.2, -0.15) is 0 Å². The van der Waals surface area contributed by atoms with Crippen molar-refractivity contribution in [2.24, 2.45) is 0 Å². The van der Waals surface area contributed by atoms with Gasteiger partial charge in [-0.15, -0.1) is 0 Å². The Kier molecular flexibility index (Phi) is 7.25. The lowest BCUT2D eigenvalue weighted by Crippen LogP contribution is -2.41. The first-order valence-corrected chi connectivity index (χ1v) is 9.44. The van der Waals surface area contributed by atoms with Gasteiger partial charge < -0.3 is 15.2 Å². The van der Waals surface area contributed by atoms with Gasteiger partial charge in [0.25, 0.3) is 5.91 Å². The van der Waals surface area contributed by atoms with Crippen LogP contribution < -0.4 is 10.1 Å². The van der Waals surface area contributed by atoms with E-state index in [9.17, 15) is 23.7 Å². The maximum Gasteiger partial charge on any atom is 0.326 e. The molecule has 0 radical (unpaired) electrons. The maximum absolute atomic E-state index is 12.3. The van der Waals surface area contributed by atoms with E-state index in [1.807, 2.05) is 0 Å². The molecule has 0 saturated carbocycles. The molecule has 0 aliphatic rings. The second kappa shape index (κ2) is 9.63. The van der Waals surface area contributed by atoms with E-state index in [2.05, 4.69) is 5.32 Å². The number of aliphatic carboxylic acids is 1. The minimum Gasteiger partial charge on any atom is -0.480 e. The van der Waals surface area contributed by atoms with Gasteiger partial charge in [-0.3, -0.25) is 13.8 Å². The zero-order chi connectivity index (χ0) is 19.8. The molecule has 0 spiro atoms. The number of esters is 1. The Hall–Kier alpha value is -3.00. The zero-order valence-electron chi connectivity index (χ0n) is 14.6. The largest absolute Gasteiger partial charge is 0.480 e. The molecular formula is C19H19NO6S. The smallest absolute Gasteiger partial charge is 0.326 e.